The Labute approximate surface area is 70.1 Å². The Kier molecular flexibility index (Phi) is 166. The molecule has 0 saturated carbocycles. The number of hydrogen-bond donors (Lipinski definition) is 0. The quantitative estimate of drug-likeness (QED) is 0.534. The third-order valence-corrected chi connectivity index (χ3v) is 0. The Bertz CT molecular complexity index is 8.00. The number of hydrogen-bond acceptors (Lipinski definition) is 0. The Morgan fingerprint density at radius 3 is 1.00 bits per heavy atom. The van der Waals surface area contributed by atoms with E-state index in [1.807, 2.05) is 0 Å². The molecule has 0 aliphatic carbocycles. The van der Waals surface area contributed by atoms with Crippen LogP contribution in [0.1, 0.15) is 0 Å². The maximum atomic E-state index is 0. The summed E-state index contributed by atoms with van der Waals surface area (Å²) in [6.45, 7) is 0. The van der Waals surface area contributed by atoms with Gasteiger partial charge < -0.3 is 0 Å². The van der Waals surface area contributed by atoms with Crippen molar-refractivity contribution < 1.29 is 70.8 Å². The summed E-state index contributed by atoms with van der Waals surface area (Å²) in [4.78, 5) is 0. The van der Waals surface area contributed by atoms with E-state index in [0.717, 1.165) is 0 Å². The summed E-state index contributed by atoms with van der Waals surface area (Å²) < 4.78 is 0. The summed E-state index contributed by atoms with van der Waals surface area (Å²) >= 11 is 0. The monoisotopic (exact) mass is 360 g/mol. The molecule has 0 aromatic carbocycles. The fourth-order valence-corrected chi connectivity index (χ4v) is 0. The molecule has 0 heterocycles. The fraction of sp³-hybridized carbons (Fsp3) is 0. The van der Waals surface area contributed by atoms with Gasteiger partial charge in [-0.25, -0.2) is 0 Å². The Morgan fingerprint density at radius 2 is 1.00 bits per heavy atom. The topological polar surface area (TPSA) is 0 Å². The molecule has 4 heavy (non-hydrogen) atoms. The van der Waals surface area contributed by atoms with Crippen molar-refractivity contribution in [2.75, 3.05) is 0 Å². The third-order valence-electron chi connectivity index (χ3n) is 0. The fourth-order valence-electron chi connectivity index (χ4n) is 0. The molecular weight excluding hydrogens is 360 g/mol. The molecule has 0 spiro atoms. The summed E-state index contributed by atoms with van der Waals surface area (Å²) in [5, 5.41) is 0. The summed E-state index contributed by atoms with van der Waals surface area (Å²) in [5.41, 5.74) is 0. The zero-order valence-corrected chi connectivity index (χ0v) is 7.23. The predicted octanol–water partition coefficient (Wildman–Crippen LogP) is -0.0100. The van der Waals surface area contributed by atoms with Crippen molar-refractivity contribution in [2.24, 2.45) is 0 Å². The first kappa shape index (κ1) is 34.9. The molecular formula is CoFeNiRe. The zero-order chi connectivity index (χ0) is 0. The molecule has 0 aromatic rings. The van der Waals surface area contributed by atoms with E-state index < -0.39 is 0 Å². The molecule has 0 saturated heterocycles. The van der Waals surface area contributed by atoms with Crippen LogP contribution in [-0.4, -0.2) is 0 Å². The minimum Gasteiger partial charge on any atom is 0 e. The summed E-state index contributed by atoms with van der Waals surface area (Å²) in [6.07, 6.45) is 0. The minimum absolute atomic E-state index is 0. The maximum absolute atomic E-state index is 0. The molecule has 0 rings (SSSR count). The molecule has 0 fully saturated rings. The van der Waals surface area contributed by atoms with Gasteiger partial charge in [-0.2, -0.15) is 0 Å². The van der Waals surface area contributed by atoms with Crippen LogP contribution in [0.25, 0.3) is 0 Å². The van der Waals surface area contributed by atoms with Gasteiger partial charge in [0.25, 0.3) is 0 Å². The van der Waals surface area contributed by atoms with Gasteiger partial charge >= 0.3 is 0 Å². The first-order valence-electron chi connectivity index (χ1n) is 0. The third kappa shape index (κ3) is 8.89. The maximum Gasteiger partial charge on any atom is 0 e. The van der Waals surface area contributed by atoms with Crippen molar-refractivity contribution in [3.05, 3.63) is 0 Å². The molecule has 4 heteroatoms. The van der Waals surface area contributed by atoms with Crippen LogP contribution < -0.4 is 0 Å². The number of rotatable bonds is 0. The van der Waals surface area contributed by atoms with E-state index >= 15 is 0 Å². The largest absolute Gasteiger partial charge is 0 e. The molecule has 0 aliphatic heterocycles. The van der Waals surface area contributed by atoms with Crippen LogP contribution in [0.2, 0.25) is 0 Å². The second-order valence-electron chi connectivity index (χ2n) is 0. The van der Waals surface area contributed by atoms with Gasteiger partial charge in [-0.15, -0.1) is 0 Å². The molecule has 0 aromatic heterocycles. The van der Waals surface area contributed by atoms with Crippen molar-refractivity contribution in [1.29, 1.82) is 0 Å². The minimum atomic E-state index is 0. The van der Waals surface area contributed by atoms with Crippen molar-refractivity contribution in [3.63, 3.8) is 0 Å². The molecule has 0 unspecified atom stereocenters. The summed E-state index contributed by atoms with van der Waals surface area (Å²) in [6, 6.07) is 0. The van der Waals surface area contributed by atoms with Crippen LogP contribution in [0.3, 0.4) is 0 Å². The normalized spacial score (nSPS) is 0. The van der Waals surface area contributed by atoms with E-state index in [0.29, 0.717) is 0 Å². The standard InChI is InChI=1S/Co.Fe.Ni.Re. The Hall–Kier alpha value is 2.18. The van der Waals surface area contributed by atoms with E-state index in [2.05, 4.69) is 0 Å². The molecule has 0 N–H and O–H groups in total. The second-order valence-corrected chi connectivity index (χ2v) is 0. The first-order valence-corrected chi connectivity index (χ1v) is 0. The van der Waals surface area contributed by atoms with E-state index in [1.54, 1.807) is 0 Å². The summed E-state index contributed by atoms with van der Waals surface area (Å²) in [5.74, 6) is 0. The van der Waals surface area contributed by atoms with Gasteiger partial charge in [-0.3, -0.25) is 0 Å². The molecule has 0 nitrogen and oxygen atoms in total. The van der Waals surface area contributed by atoms with Gasteiger partial charge in [0, 0.05) is 70.8 Å². The van der Waals surface area contributed by atoms with Crippen LogP contribution in [-0.2, 0) is 70.8 Å². The van der Waals surface area contributed by atoms with Crippen LogP contribution >= 0.6 is 0 Å². The first-order chi connectivity index (χ1) is 0. The van der Waals surface area contributed by atoms with Gasteiger partial charge in [0.1, 0.15) is 0 Å². The van der Waals surface area contributed by atoms with Gasteiger partial charge in [-0.05, 0) is 0 Å². The van der Waals surface area contributed by atoms with Crippen LogP contribution in [0.5, 0.6) is 0 Å². The van der Waals surface area contributed by atoms with Gasteiger partial charge in [0.2, 0.25) is 0 Å². The Balaban J connectivity index is 0. The molecule has 0 atom stereocenters. The molecule has 0 amide bonds. The van der Waals surface area contributed by atoms with E-state index in [4.69, 9.17) is 0 Å². The van der Waals surface area contributed by atoms with Crippen molar-refractivity contribution in [3.8, 4) is 0 Å². The average molecular weight is 360 g/mol. The SMILES string of the molecule is [Co].[Fe].[Ni].[Re]. The summed E-state index contributed by atoms with van der Waals surface area (Å²) in [7, 11) is 0. The van der Waals surface area contributed by atoms with Gasteiger partial charge in [0.15, 0.2) is 0 Å². The van der Waals surface area contributed by atoms with E-state index in [9.17, 15) is 0 Å². The van der Waals surface area contributed by atoms with Crippen LogP contribution in [0.15, 0.2) is 0 Å². The molecule has 0 bridgehead atoms. The van der Waals surface area contributed by atoms with Crippen LogP contribution in [0.4, 0.5) is 0 Å². The Morgan fingerprint density at radius 1 is 1.00 bits per heavy atom. The van der Waals surface area contributed by atoms with Crippen LogP contribution in [0, 0.1) is 0 Å². The average Bonchev–Trinajstić information content (AvgIpc) is 0. The molecule has 34 valence electrons. The van der Waals surface area contributed by atoms with Crippen molar-refractivity contribution in [2.45, 2.75) is 0 Å². The zero-order valence-electron chi connectivity index (χ0n) is 1.38. The van der Waals surface area contributed by atoms with Gasteiger partial charge in [0.05, 0.1) is 0 Å². The van der Waals surface area contributed by atoms with E-state index in [-0.39, 0.29) is 70.8 Å². The smallest absolute Gasteiger partial charge is 0 e. The second kappa shape index (κ2) is 19.0. The predicted molar refractivity (Wildman–Crippen MR) is 0 cm³/mol. The van der Waals surface area contributed by atoms with Crippen molar-refractivity contribution in [1.82, 2.24) is 0 Å². The van der Waals surface area contributed by atoms with Crippen molar-refractivity contribution >= 4 is 0 Å². The van der Waals surface area contributed by atoms with Gasteiger partial charge in [-0.1, -0.05) is 0 Å². The molecule has 0 aliphatic rings. The molecule has 2 radical (unpaired) electrons. The van der Waals surface area contributed by atoms with E-state index in [1.165, 1.54) is 0 Å².